The van der Waals surface area contributed by atoms with Crippen molar-refractivity contribution in [1.29, 1.82) is 5.26 Å². The van der Waals surface area contributed by atoms with Crippen molar-refractivity contribution in [2.24, 2.45) is 0 Å². The first-order valence-corrected chi connectivity index (χ1v) is 6.08. The van der Waals surface area contributed by atoms with Crippen molar-refractivity contribution in [3.05, 3.63) is 63.7 Å². The molecule has 0 heterocycles. The van der Waals surface area contributed by atoms with Crippen LogP contribution in [-0.2, 0) is 6.61 Å². The molecule has 0 aliphatic carbocycles. The third-order valence-electron chi connectivity index (χ3n) is 2.83. The zero-order valence-corrected chi connectivity index (χ0v) is 11.3. The van der Waals surface area contributed by atoms with E-state index >= 15 is 0 Å². The Hall–Kier alpha value is -3.07. The Labute approximate surface area is 121 Å². The smallest absolute Gasteiger partial charge is 0.273 e. The van der Waals surface area contributed by atoms with E-state index in [0.29, 0.717) is 22.6 Å². The predicted octanol–water partition coefficient (Wildman–Crippen LogP) is 3.05. The summed E-state index contributed by atoms with van der Waals surface area (Å²) in [6.07, 6.45) is 0. The second kappa shape index (κ2) is 6.39. The van der Waals surface area contributed by atoms with Gasteiger partial charge in [0.05, 0.1) is 29.7 Å². The molecule has 21 heavy (non-hydrogen) atoms. The van der Waals surface area contributed by atoms with Crippen molar-refractivity contribution in [3.63, 3.8) is 0 Å². The molecule has 0 aliphatic heterocycles. The number of hydrogen-bond acceptors (Lipinski definition) is 5. The van der Waals surface area contributed by atoms with Gasteiger partial charge in [-0.2, -0.15) is 5.26 Å². The van der Waals surface area contributed by atoms with Crippen molar-refractivity contribution >= 4 is 5.69 Å². The van der Waals surface area contributed by atoms with E-state index in [0.717, 1.165) is 0 Å². The fourth-order valence-corrected chi connectivity index (χ4v) is 1.81. The van der Waals surface area contributed by atoms with Gasteiger partial charge in [0.25, 0.3) is 5.69 Å². The molecule has 0 aromatic heterocycles. The Morgan fingerprint density at radius 2 is 2.10 bits per heavy atom. The molecule has 2 aromatic rings. The maximum Gasteiger partial charge on any atom is 0.273 e. The van der Waals surface area contributed by atoms with E-state index in [1.54, 1.807) is 30.3 Å². The van der Waals surface area contributed by atoms with Gasteiger partial charge in [0.1, 0.15) is 18.1 Å². The van der Waals surface area contributed by atoms with Gasteiger partial charge in [-0.25, -0.2) is 0 Å². The zero-order chi connectivity index (χ0) is 15.2. The highest BCUT2D eigenvalue weighted by molar-refractivity contribution is 5.42. The lowest BCUT2D eigenvalue weighted by atomic mass is 10.1. The lowest BCUT2D eigenvalue weighted by molar-refractivity contribution is -0.384. The molecule has 0 fully saturated rings. The van der Waals surface area contributed by atoms with Gasteiger partial charge in [-0.15, -0.1) is 0 Å². The fourth-order valence-electron chi connectivity index (χ4n) is 1.81. The van der Waals surface area contributed by atoms with Crippen molar-refractivity contribution in [3.8, 4) is 17.6 Å². The van der Waals surface area contributed by atoms with Gasteiger partial charge in [-0.3, -0.25) is 10.1 Å². The van der Waals surface area contributed by atoms with Crippen LogP contribution in [0.1, 0.15) is 11.1 Å². The number of nitro groups is 1. The van der Waals surface area contributed by atoms with Crippen molar-refractivity contribution < 1.29 is 14.4 Å². The van der Waals surface area contributed by atoms with Gasteiger partial charge in [-0.05, 0) is 24.3 Å². The minimum absolute atomic E-state index is 0.0368. The molecule has 2 rings (SSSR count). The van der Waals surface area contributed by atoms with E-state index in [2.05, 4.69) is 0 Å². The second-order valence-electron chi connectivity index (χ2n) is 4.18. The summed E-state index contributed by atoms with van der Waals surface area (Å²) < 4.78 is 10.7. The third-order valence-corrected chi connectivity index (χ3v) is 2.83. The first kappa shape index (κ1) is 14.3. The fraction of sp³-hybridized carbons (Fsp3) is 0.133. The van der Waals surface area contributed by atoms with Gasteiger partial charge in [-0.1, -0.05) is 6.07 Å². The Balaban J connectivity index is 2.18. The highest BCUT2D eigenvalue weighted by atomic mass is 16.6. The topological polar surface area (TPSA) is 85.4 Å². The second-order valence-corrected chi connectivity index (χ2v) is 4.18. The molecule has 0 atom stereocenters. The van der Waals surface area contributed by atoms with E-state index in [4.69, 9.17) is 14.7 Å². The minimum atomic E-state index is -0.482. The summed E-state index contributed by atoms with van der Waals surface area (Å²) in [6.45, 7) is 0.153. The number of nitriles is 1. The molecule has 0 saturated carbocycles. The summed E-state index contributed by atoms with van der Waals surface area (Å²) in [5.74, 6) is 0.980. The van der Waals surface area contributed by atoms with Gasteiger partial charge in [0.15, 0.2) is 0 Å². The number of nitro benzene ring substituents is 1. The van der Waals surface area contributed by atoms with E-state index in [1.807, 2.05) is 6.07 Å². The SMILES string of the molecule is COc1ccc(C#N)cc1COc1cccc([N+](=O)[O-])c1. The predicted molar refractivity (Wildman–Crippen MR) is 75.1 cm³/mol. The molecule has 0 bridgehead atoms. The molecule has 0 radical (unpaired) electrons. The van der Waals surface area contributed by atoms with Gasteiger partial charge >= 0.3 is 0 Å². The molecular formula is C15H12N2O4. The van der Waals surface area contributed by atoms with E-state index < -0.39 is 4.92 Å². The summed E-state index contributed by atoms with van der Waals surface area (Å²) >= 11 is 0. The van der Waals surface area contributed by atoms with Crippen LogP contribution < -0.4 is 9.47 Å². The Bertz CT molecular complexity index is 707. The van der Waals surface area contributed by atoms with Crippen LogP contribution in [0, 0.1) is 21.4 Å². The Kier molecular flexibility index (Phi) is 4.36. The zero-order valence-electron chi connectivity index (χ0n) is 11.3. The van der Waals surface area contributed by atoms with Crippen molar-refractivity contribution in [2.45, 2.75) is 6.61 Å². The molecule has 106 valence electrons. The first-order valence-electron chi connectivity index (χ1n) is 6.08. The van der Waals surface area contributed by atoms with E-state index in [9.17, 15) is 10.1 Å². The normalized spacial score (nSPS) is 9.71. The maximum atomic E-state index is 10.7. The van der Waals surface area contributed by atoms with E-state index in [-0.39, 0.29) is 12.3 Å². The van der Waals surface area contributed by atoms with Crippen LogP contribution in [0.4, 0.5) is 5.69 Å². The minimum Gasteiger partial charge on any atom is -0.496 e. The van der Waals surface area contributed by atoms with Crippen molar-refractivity contribution in [2.75, 3.05) is 7.11 Å². The summed E-state index contributed by atoms with van der Waals surface area (Å²) in [6, 6.07) is 13.0. The largest absolute Gasteiger partial charge is 0.496 e. The number of benzene rings is 2. The number of nitrogens with zero attached hydrogens (tertiary/aromatic N) is 2. The highest BCUT2D eigenvalue weighted by Gasteiger charge is 2.09. The van der Waals surface area contributed by atoms with Crippen LogP contribution >= 0.6 is 0 Å². The van der Waals surface area contributed by atoms with Gasteiger partial charge in [0, 0.05) is 11.6 Å². The lowest BCUT2D eigenvalue weighted by Crippen LogP contribution is -2.00. The summed E-state index contributed by atoms with van der Waals surface area (Å²) in [4.78, 5) is 10.2. The average molecular weight is 284 g/mol. The molecule has 0 N–H and O–H groups in total. The lowest BCUT2D eigenvalue weighted by Gasteiger charge is -2.10. The monoisotopic (exact) mass is 284 g/mol. The highest BCUT2D eigenvalue weighted by Crippen LogP contribution is 2.24. The molecule has 0 saturated heterocycles. The average Bonchev–Trinajstić information content (AvgIpc) is 2.52. The number of ether oxygens (including phenoxy) is 2. The molecule has 6 nitrogen and oxygen atoms in total. The van der Waals surface area contributed by atoms with Gasteiger partial charge in [0.2, 0.25) is 0 Å². The molecular weight excluding hydrogens is 272 g/mol. The van der Waals surface area contributed by atoms with E-state index in [1.165, 1.54) is 19.2 Å². The van der Waals surface area contributed by atoms with Crippen LogP contribution in [0.3, 0.4) is 0 Å². The Morgan fingerprint density at radius 3 is 2.76 bits per heavy atom. The molecule has 0 aliphatic rings. The third kappa shape index (κ3) is 3.48. The number of rotatable bonds is 5. The van der Waals surface area contributed by atoms with Crippen LogP contribution in [0.5, 0.6) is 11.5 Å². The number of non-ortho nitro benzene ring substituents is 1. The molecule has 0 unspecified atom stereocenters. The summed E-state index contributed by atoms with van der Waals surface area (Å²) in [7, 11) is 1.53. The van der Waals surface area contributed by atoms with Crippen LogP contribution in [0.15, 0.2) is 42.5 Å². The first-order chi connectivity index (χ1) is 10.1. The summed E-state index contributed by atoms with van der Waals surface area (Å²) in [5.41, 5.74) is 1.15. The molecule has 0 amide bonds. The maximum absolute atomic E-state index is 10.7. The molecule has 0 spiro atoms. The molecule has 2 aromatic carbocycles. The van der Waals surface area contributed by atoms with Crippen LogP contribution in [0.2, 0.25) is 0 Å². The molecule has 6 heteroatoms. The van der Waals surface area contributed by atoms with Crippen LogP contribution in [-0.4, -0.2) is 12.0 Å². The number of hydrogen-bond donors (Lipinski definition) is 0. The quantitative estimate of drug-likeness (QED) is 0.622. The van der Waals surface area contributed by atoms with Crippen molar-refractivity contribution in [1.82, 2.24) is 0 Å². The van der Waals surface area contributed by atoms with Crippen LogP contribution in [0.25, 0.3) is 0 Å². The van der Waals surface area contributed by atoms with Gasteiger partial charge < -0.3 is 9.47 Å². The Morgan fingerprint density at radius 1 is 1.29 bits per heavy atom. The summed E-state index contributed by atoms with van der Waals surface area (Å²) in [5, 5.41) is 19.6. The standard InChI is InChI=1S/C15H12N2O4/c1-20-15-6-5-11(9-16)7-12(15)10-21-14-4-2-3-13(8-14)17(18)19/h2-8H,10H2,1H3. The number of methoxy groups -OCH3 is 1.